The SMILES string of the molecule is CCOC(=O)c1ccccc1NC(=O)c1ccccc1N(C)C. The summed E-state index contributed by atoms with van der Waals surface area (Å²) in [6.07, 6.45) is 0. The second-order valence-corrected chi connectivity index (χ2v) is 5.13. The average Bonchev–Trinajstić information content (AvgIpc) is 2.55. The molecule has 0 heterocycles. The number of amides is 1. The molecule has 0 radical (unpaired) electrons. The summed E-state index contributed by atoms with van der Waals surface area (Å²) < 4.78 is 5.02. The van der Waals surface area contributed by atoms with Crippen LogP contribution in [0.4, 0.5) is 11.4 Å². The number of hydrogen-bond donors (Lipinski definition) is 1. The van der Waals surface area contributed by atoms with Crippen LogP contribution >= 0.6 is 0 Å². The molecule has 1 amide bonds. The summed E-state index contributed by atoms with van der Waals surface area (Å²) in [4.78, 5) is 26.4. The first-order chi connectivity index (χ1) is 11.0. The maximum Gasteiger partial charge on any atom is 0.340 e. The number of nitrogens with zero attached hydrogens (tertiary/aromatic N) is 1. The van der Waals surface area contributed by atoms with Crippen molar-refractivity contribution in [2.45, 2.75) is 6.92 Å². The lowest BCUT2D eigenvalue weighted by Gasteiger charge is -2.17. The monoisotopic (exact) mass is 312 g/mol. The molecule has 0 aliphatic rings. The normalized spacial score (nSPS) is 10.0. The van der Waals surface area contributed by atoms with Crippen LogP contribution in [0.1, 0.15) is 27.6 Å². The molecule has 0 aromatic heterocycles. The topological polar surface area (TPSA) is 58.6 Å². The highest BCUT2D eigenvalue weighted by atomic mass is 16.5. The van der Waals surface area contributed by atoms with E-state index in [1.54, 1.807) is 43.3 Å². The Morgan fingerprint density at radius 3 is 2.26 bits per heavy atom. The highest BCUT2D eigenvalue weighted by Crippen LogP contribution is 2.22. The van der Waals surface area contributed by atoms with E-state index in [0.29, 0.717) is 16.8 Å². The molecule has 2 aromatic rings. The van der Waals surface area contributed by atoms with Gasteiger partial charge in [0.1, 0.15) is 0 Å². The molecule has 0 bridgehead atoms. The molecule has 1 N–H and O–H groups in total. The van der Waals surface area contributed by atoms with Crippen LogP contribution < -0.4 is 10.2 Å². The number of ether oxygens (including phenoxy) is 1. The highest BCUT2D eigenvalue weighted by Gasteiger charge is 2.17. The van der Waals surface area contributed by atoms with E-state index < -0.39 is 5.97 Å². The van der Waals surface area contributed by atoms with E-state index in [4.69, 9.17) is 4.74 Å². The summed E-state index contributed by atoms with van der Waals surface area (Å²) in [6, 6.07) is 14.1. The molecular formula is C18H20N2O3. The van der Waals surface area contributed by atoms with E-state index in [2.05, 4.69) is 5.32 Å². The van der Waals surface area contributed by atoms with Crippen molar-refractivity contribution in [3.63, 3.8) is 0 Å². The molecule has 5 heteroatoms. The minimum atomic E-state index is -0.454. The number of anilines is 2. The van der Waals surface area contributed by atoms with Gasteiger partial charge in [-0.2, -0.15) is 0 Å². The van der Waals surface area contributed by atoms with Crippen molar-refractivity contribution >= 4 is 23.3 Å². The van der Waals surface area contributed by atoms with E-state index in [-0.39, 0.29) is 12.5 Å². The number of rotatable bonds is 5. The number of nitrogens with one attached hydrogen (secondary N) is 1. The van der Waals surface area contributed by atoms with Gasteiger partial charge in [0.05, 0.1) is 23.4 Å². The van der Waals surface area contributed by atoms with E-state index in [1.807, 2.05) is 31.1 Å². The molecule has 0 saturated heterocycles. The standard InChI is InChI=1S/C18H20N2O3/c1-4-23-18(22)13-9-5-7-11-15(13)19-17(21)14-10-6-8-12-16(14)20(2)3/h5-12H,4H2,1-3H3,(H,19,21). The molecule has 120 valence electrons. The Labute approximate surface area is 135 Å². The van der Waals surface area contributed by atoms with Crippen LogP contribution in [0.5, 0.6) is 0 Å². The first-order valence-electron chi connectivity index (χ1n) is 7.38. The van der Waals surface area contributed by atoms with Gasteiger partial charge in [0, 0.05) is 19.8 Å². The molecular weight excluding hydrogens is 292 g/mol. The molecule has 0 aliphatic heterocycles. The minimum absolute atomic E-state index is 0.272. The number of carbonyl (C=O) groups is 2. The fourth-order valence-electron chi connectivity index (χ4n) is 2.22. The second-order valence-electron chi connectivity index (χ2n) is 5.13. The number of benzene rings is 2. The molecule has 0 aliphatic carbocycles. The fraction of sp³-hybridized carbons (Fsp3) is 0.222. The smallest absolute Gasteiger partial charge is 0.340 e. The maximum atomic E-state index is 12.6. The molecule has 5 nitrogen and oxygen atoms in total. The Hall–Kier alpha value is -2.82. The van der Waals surface area contributed by atoms with Crippen molar-refractivity contribution in [1.82, 2.24) is 0 Å². The van der Waals surface area contributed by atoms with Crippen LogP contribution in [-0.4, -0.2) is 32.6 Å². The van der Waals surface area contributed by atoms with Crippen LogP contribution in [0.15, 0.2) is 48.5 Å². The average molecular weight is 312 g/mol. The summed E-state index contributed by atoms with van der Waals surface area (Å²) in [5, 5.41) is 2.79. The van der Waals surface area contributed by atoms with Crippen molar-refractivity contribution in [2.75, 3.05) is 30.9 Å². The minimum Gasteiger partial charge on any atom is -0.462 e. The summed E-state index contributed by atoms with van der Waals surface area (Å²) in [5.41, 5.74) is 2.12. The Morgan fingerprint density at radius 2 is 1.61 bits per heavy atom. The Bertz CT molecular complexity index is 711. The predicted octanol–water partition coefficient (Wildman–Crippen LogP) is 3.18. The molecule has 0 unspecified atom stereocenters. The summed E-state index contributed by atoms with van der Waals surface area (Å²) >= 11 is 0. The number of carbonyl (C=O) groups excluding carboxylic acids is 2. The second kappa shape index (κ2) is 7.45. The van der Waals surface area contributed by atoms with Gasteiger partial charge >= 0.3 is 5.97 Å². The van der Waals surface area contributed by atoms with Crippen molar-refractivity contribution in [2.24, 2.45) is 0 Å². The van der Waals surface area contributed by atoms with Gasteiger partial charge < -0.3 is 15.0 Å². The van der Waals surface area contributed by atoms with Crippen molar-refractivity contribution in [1.29, 1.82) is 0 Å². The Balaban J connectivity index is 2.30. The first kappa shape index (κ1) is 16.5. The first-order valence-corrected chi connectivity index (χ1v) is 7.38. The van der Waals surface area contributed by atoms with Gasteiger partial charge in [-0.3, -0.25) is 4.79 Å². The van der Waals surface area contributed by atoms with Crippen LogP contribution in [0, 0.1) is 0 Å². The third kappa shape index (κ3) is 3.88. The van der Waals surface area contributed by atoms with Gasteiger partial charge in [0.15, 0.2) is 0 Å². The third-order valence-electron chi connectivity index (χ3n) is 3.30. The van der Waals surface area contributed by atoms with Gasteiger partial charge in [-0.05, 0) is 31.2 Å². The molecule has 0 saturated carbocycles. The summed E-state index contributed by atoms with van der Waals surface area (Å²) in [7, 11) is 3.75. The molecule has 0 spiro atoms. The summed E-state index contributed by atoms with van der Waals surface area (Å²) in [6.45, 7) is 2.02. The summed E-state index contributed by atoms with van der Waals surface area (Å²) in [5.74, 6) is -0.727. The third-order valence-corrected chi connectivity index (χ3v) is 3.30. The van der Waals surface area contributed by atoms with Crippen molar-refractivity contribution in [3.8, 4) is 0 Å². The van der Waals surface area contributed by atoms with Gasteiger partial charge in [-0.15, -0.1) is 0 Å². The van der Waals surface area contributed by atoms with Crippen LogP contribution in [0.2, 0.25) is 0 Å². The predicted molar refractivity (Wildman–Crippen MR) is 91.1 cm³/mol. The van der Waals surface area contributed by atoms with Gasteiger partial charge in [0.25, 0.3) is 5.91 Å². The van der Waals surface area contributed by atoms with Gasteiger partial charge in [-0.1, -0.05) is 24.3 Å². The van der Waals surface area contributed by atoms with Gasteiger partial charge in [-0.25, -0.2) is 4.79 Å². The van der Waals surface area contributed by atoms with Crippen molar-refractivity contribution in [3.05, 3.63) is 59.7 Å². The Kier molecular flexibility index (Phi) is 5.36. The molecule has 23 heavy (non-hydrogen) atoms. The van der Waals surface area contributed by atoms with Crippen LogP contribution in [-0.2, 0) is 4.74 Å². The van der Waals surface area contributed by atoms with Crippen LogP contribution in [0.25, 0.3) is 0 Å². The molecule has 0 fully saturated rings. The zero-order valence-electron chi connectivity index (χ0n) is 13.5. The van der Waals surface area contributed by atoms with Gasteiger partial charge in [0.2, 0.25) is 0 Å². The maximum absolute atomic E-state index is 12.6. The quantitative estimate of drug-likeness (QED) is 0.862. The largest absolute Gasteiger partial charge is 0.462 e. The van der Waals surface area contributed by atoms with E-state index in [1.165, 1.54) is 0 Å². The van der Waals surface area contributed by atoms with E-state index >= 15 is 0 Å². The highest BCUT2D eigenvalue weighted by molar-refractivity contribution is 6.10. The molecule has 0 atom stereocenters. The number of para-hydroxylation sites is 2. The van der Waals surface area contributed by atoms with Crippen molar-refractivity contribution < 1.29 is 14.3 Å². The lowest BCUT2D eigenvalue weighted by atomic mass is 10.1. The van der Waals surface area contributed by atoms with E-state index in [0.717, 1.165) is 5.69 Å². The fourth-order valence-corrected chi connectivity index (χ4v) is 2.22. The lowest BCUT2D eigenvalue weighted by molar-refractivity contribution is 0.0527. The Morgan fingerprint density at radius 1 is 1.00 bits per heavy atom. The molecule has 2 rings (SSSR count). The van der Waals surface area contributed by atoms with E-state index in [9.17, 15) is 9.59 Å². The number of hydrogen-bond acceptors (Lipinski definition) is 4. The number of esters is 1. The lowest BCUT2D eigenvalue weighted by Crippen LogP contribution is -2.20. The zero-order valence-corrected chi connectivity index (χ0v) is 13.5. The molecule has 2 aromatic carbocycles. The van der Waals surface area contributed by atoms with Crippen LogP contribution in [0.3, 0.4) is 0 Å². The zero-order chi connectivity index (χ0) is 16.8.